The molecule has 1 aromatic carbocycles. The van der Waals surface area contributed by atoms with Crippen molar-refractivity contribution in [3.8, 4) is 0 Å². The molecule has 1 aliphatic rings. The Bertz CT molecular complexity index is 506. The number of guanidine groups is 1. The lowest BCUT2D eigenvalue weighted by atomic mass is 10.1. The van der Waals surface area contributed by atoms with Gasteiger partial charge in [-0.25, -0.2) is 0 Å². The van der Waals surface area contributed by atoms with E-state index in [9.17, 15) is 0 Å². The summed E-state index contributed by atoms with van der Waals surface area (Å²) in [5.74, 6) is 1.77. The van der Waals surface area contributed by atoms with E-state index in [1.807, 2.05) is 0 Å². The van der Waals surface area contributed by atoms with E-state index in [-0.39, 0.29) is 24.0 Å². The number of nitrogens with one attached hydrogen (secondary N) is 1. The highest BCUT2D eigenvalue weighted by Gasteiger charge is 2.22. The molecule has 0 amide bonds. The minimum atomic E-state index is 0. The largest absolute Gasteiger partial charge is 0.357 e. The van der Waals surface area contributed by atoms with Crippen molar-refractivity contribution in [2.24, 2.45) is 10.9 Å². The van der Waals surface area contributed by atoms with Crippen LogP contribution in [0.2, 0.25) is 0 Å². The standard InChI is InChI=1S/C21H36N4.HI/c1-4-6-14-24(3)21(22-5-2)23-17-20-13-16-25(18-20)15-12-19-10-8-7-9-11-19;/h7-11,20H,4-6,12-18H2,1-3H3,(H,22,23);1H. The maximum atomic E-state index is 4.91. The average molecular weight is 472 g/mol. The Morgan fingerprint density at radius 3 is 2.73 bits per heavy atom. The fourth-order valence-electron chi connectivity index (χ4n) is 3.38. The highest BCUT2D eigenvalue weighted by molar-refractivity contribution is 14.0. The van der Waals surface area contributed by atoms with Gasteiger partial charge in [-0.1, -0.05) is 43.7 Å². The van der Waals surface area contributed by atoms with E-state index in [0.29, 0.717) is 5.92 Å². The first kappa shape index (κ1) is 23.2. The maximum absolute atomic E-state index is 4.91. The van der Waals surface area contributed by atoms with Gasteiger partial charge in [0.25, 0.3) is 0 Å². The lowest BCUT2D eigenvalue weighted by molar-refractivity contribution is 0.329. The molecule has 0 saturated carbocycles. The van der Waals surface area contributed by atoms with Crippen LogP contribution in [0.4, 0.5) is 0 Å². The van der Waals surface area contributed by atoms with Gasteiger partial charge in [0.05, 0.1) is 0 Å². The third kappa shape index (κ3) is 8.25. The smallest absolute Gasteiger partial charge is 0.193 e. The van der Waals surface area contributed by atoms with Crippen LogP contribution < -0.4 is 5.32 Å². The van der Waals surface area contributed by atoms with Gasteiger partial charge in [-0.05, 0) is 44.2 Å². The quantitative estimate of drug-likeness (QED) is 0.337. The summed E-state index contributed by atoms with van der Waals surface area (Å²) in [5, 5.41) is 3.44. The summed E-state index contributed by atoms with van der Waals surface area (Å²) in [6.07, 6.45) is 4.87. The van der Waals surface area contributed by atoms with Gasteiger partial charge in [0.1, 0.15) is 0 Å². The van der Waals surface area contributed by atoms with Crippen LogP contribution in [0.3, 0.4) is 0 Å². The third-order valence-corrected chi connectivity index (χ3v) is 4.97. The molecule has 1 saturated heterocycles. The van der Waals surface area contributed by atoms with E-state index in [2.05, 4.69) is 66.3 Å². The zero-order valence-electron chi connectivity index (χ0n) is 16.8. The first-order valence-electron chi connectivity index (χ1n) is 9.98. The fourth-order valence-corrected chi connectivity index (χ4v) is 3.38. The predicted molar refractivity (Wildman–Crippen MR) is 124 cm³/mol. The van der Waals surface area contributed by atoms with Gasteiger partial charge in [0.15, 0.2) is 5.96 Å². The number of rotatable bonds is 9. The van der Waals surface area contributed by atoms with Crippen LogP contribution in [-0.4, -0.2) is 62.1 Å². The molecular formula is C21H37IN4. The normalized spacial score (nSPS) is 17.8. The Balaban J connectivity index is 0.00000338. The second-order valence-corrected chi connectivity index (χ2v) is 7.16. The topological polar surface area (TPSA) is 30.9 Å². The van der Waals surface area contributed by atoms with Gasteiger partial charge in [0.2, 0.25) is 0 Å². The number of hydrogen-bond acceptors (Lipinski definition) is 2. The second-order valence-electron chi connectivity index (χ2n) is 7.16. The van der Waals surface area contributed by atoms with Gasteiger partial charge in [0, 0.05) is 39.8 Å². The van der Waals surface area contributed by atoms with Crippen LogP contribution in [0.1, 0.15) is 38.7 Å². The summed E-state index contributed by atoms with van der Waals surface area (Å²) in [4.78, 5) is 9.78. The highest BCUT2D eigenvalue weighted by Crippen LogP contribution is 2.17. The van der Waals surface area contributed by atoms with Crippen molar-refractivity contribution >= 4 is 29.9 Å². The summed E-state index contributed by atoms with van der Waals surface area (Å²) >= 11 is 0. The van der Waals surface area contributed by atoms with Crippen molar-refractivity contribution in [2.45, 2.75) is 39.5 Å². The van der Waals surface area contributed by atoms with Crippen molar-refractivity contribution in [2.75, 3.05) is 46.3 Å². The minimum absolute atomic E-state index is 0. The van der Waals surface area contributed by atoms with Crippen LogP contribution >= 0.6 is 24.0 Å². The lowest BCUT2D eigenvalue weighted by Gasteiger charge is -2.22. The number of nitrogens with zero attached hydrogens (tertiary/aromatic N) is 3. The summed E-state index contributed by atoms with van der Waals surface area (Å²) in [6.45, 7) is 10.9. The molecule has 0 aromatic heterocycles. The maximum Gasteiger partial charge on any atom is 0.193 e. The second kappa shape index (κ2) is 13.4. The Morgan fingerprint density at radius 1 is 1.27 bits per heavy atom. The Kier molecular flexibility index (Phi) is 11.9. The Morgan fingerprint density at radius 2 is 2.04 bits per heavy atom. The fraction of sp³-hybridized carbons (Fsp3) is 0.667. The molecule has 1 aliphatic heterocycles. The van der Waals surface area contributed by atoms with Crippen LogP contribution in [0.5, 0.6) is 0 Å². The zero-order chi connectivity index (χ0) is 17.9. The third-order valence-electron chi connectivity index (χ3n) is 4.97. The minimum Gasteiger partial charge on any atom is -0.357 e. The lowest BCUT2D eigenvalue weighted by Crippen LogP contribution is -2.39. The number of halogens is 1. The molecule has 0 radical (unpaired) electrons. The molecule has 0 spiro atoms. The highest BCUT2D eigenvalue weighted by atomic mass is 127. The number of unbranched alkanes of at least 4 members (excludes halogenated alkanes) is 1. The average Bonchev–Trinajstić information content (AvgIpc) is 3.10. The van der Waals surface area contributed by atoms with Gasteiger partial charge < -0.3 is 15.1 Å². The number of aliphatic imine (C=N–C) groups is 1. The molecule has 5 heteroatoms. The van der Waals surface area contributed by atoms with Gasteiger partial charge in [-0.15, -0.1) is 24.0 Å². The van der Waals surface area contributed by atoms with Crippen molar-refractivity contribution in [1.29, 1.82) is 0 Å². The first-order valence-corrected chi connectivity index (χ1v) is 9.98. The van der Waals surface area contributed by atoms with E-state index in [1.165, 1.54) is 44.5 Å². The molecule has 148 valence electrons. The number of likely N-dealkylation sites (tertiary alicyclic amines) is 1. The molecule has 1 fully saturated rings. The molecule has 1 N–H and O–H groups in total. The summed E-state index contributed by atoms with van der Waals surface area (Å²) < 4.78 is 0. The zero-order valence-corrected chi connectivity index (χ0v) is 19.1. The predicted octanol–water partition coefficient (Wildman–Crippen LogP) is 3.87. The molecule has 4 nitrogen and oxygen atoms in total. The molecular weight excluding hydrogens is 435 g/mol. The molecule has 26 heavy (non-hydrogen) atoms. The molecule has 0 bridgehead atoms. The molecule has 1 unspecified atom stereocenters. The molecule has 1 heterocycles. The summed E-state index contributed by atoms with van der Waals surface area (Å²) in [6, 6.07) is 10.8. The number of benzene rings is 1. The van der Waals surface area contributed by atoms with Crippen LogP contribution in [0, 0.1) is 5.92 Å². The van der Waals surface area contributed by atoms with E-state index >= 15 is 0 Å². The van der Waals surface area contributed by atoms with E-state index < -0.39 is 0 Å². The molecule has 1 atom stereocenters. The summed E-state index contributed by atoms with van der Waals surface area (Å²) in [7, 11) is 2.15. The van der Waals surface area contributed by atoms with Gasteiger partial charge >= 0.3 is 0 Å². The van der Waals surface area contributed by atoms with E-state index in [0.717, 1.165) is 32.0 Å². The van der Waals surface area contributed by atoms with Crippen molar-refractivity contribution < 1.29 is 0 Å². The number of hydrogen-bond donors (Lipinski definition) is 1. The monoisotopic (exact) mass is 472 g/mol. The molecule has 0 aliphatic carbocycles. The van der Waals surface area contributed by atoms with Crippen molar-refractivity contribution in [3.05, 3.63) is 35.9 Å². The Labute approximate surface area is 177 Å². The Hall–Kier alpha value is -0.820. The van der Waals surface area contributed by atoms with E-state index in [1.54, 1.807) is 0 Å². The van der Waals surface area contributed by atoms with Gasteiger partial charge in [-0.3, -0.25) is 4.99 Å². The molecule has 1 aromatic rings. The molecule has 2 rings (SSSR count). The van der Waals surface area contributed by atoms with Crippen LogP contribution in [0.25, 0.3) is 0 Å². The van der Waals surface area contributed by atoms with Crippen LogP contribution in [-0.2, 0) is 6.42 Å². The van der Waals surface area contributed by atoms with Crippen molar-refractivity contribution in [1.82, 2.24) is 15.1 Å². The summed E-state index contributed by atoms with van der Waals surface area (Å²) in [5.41, 5.74) is 1.44. The van der Waals surface area contributed by atoms with Gasteiger partial charge in [-0.2, -0.15) is 0 Å². The van der Waals surface area contributed by atoms with Crippen LogP contribution in [0.15, 0.2) is 35.3 Å². The SMILES string of the molecule is CCCCN(C)C(=NCC1CCN(CCc2ccccc2)C1)NCC.I. The van der Waals surface area contributed by atoms with E-state index in [4.69, 9.17) is 4.99 Å². The van der Waals surface area contributed by atoms with Crippen molar-refractivity contribution in [3.63, 3.8) is 0 Å². The first-order chi connectivity index (χ1) is 12.2.